The van der Waals surface area contributed by atoms with Crippen LogP contribution in [0.25, 0.3) is 0 Å². The van der Waals surface area contributed by atoms with Crippen molar-refractivity contribution in [2.45, 2.75) is 43.5 Å². The molecule has 1 N–H and O–H groups in total. The first-order valence-electron chi connectivity index (χ1n) is 8.40. The summed E-state index contributed by atoms with van der Waals surface area (Å²) in [4.78, 5) is 23.4. The van der Waals surface area contributed by atoms with E-state index >= 15 is 0 Å². The van der Waals surface area contributed by atoms with E-state index in [0.717, 1.165) is 25.7 Å². The smallest absolute Gasteiger partial charge is 0.344 e. The number of ether oxygens (including phenoxy) is 3. The average molecular weight is 385 g/mol. The molecule has 0 spiro atoms. The van der Waals surface area contributed by atoms with Gasteiger partial charge in [-0.1, -0.05) is 13.3 Å². The maximum atomic E-state index is 12.4. The number of benzene rings is 1. The van der Waals surface area contributed by atoms with E-state index in [2.05, 4.69) is 4.72 Å². The topological polar surface area (TPSA) is 108 Å². The van der Waals surface area contributed by atoms with E-state index in [-0.39, 0.29) is 28.9 Å². The predicted octanol–water partition coefficient (Wildman–Crippen LogP) is 1.64. The van der Waals surface area contributed by atoms with Crippen LogP contribution < -0.4 is 9.46 Å². The Balaban J connectivity index is 2.05. The van der Waals surface area contributed by atoms with E-state index in [4.69, 9.17) is 14.2 Å². The van der Waals surface area contributed by atoms with Crippen LogP contribution in [0.1, 0.15) is 43.0 Å². The number of hydrogen-bond donors (Lipinski definition) is 1. The van der Waals surface area contributed by atoms with Gasteiger partial charge in [-0.3, -0.25) is 0 Å². The molecule has 1 aromatic carbocycles. The van der Waals surface area contributed by atoms with Gasteiger partial charge in [-0.05, 0) is 37.5 Å². The van der Waals surface area contributed by atoms with Gasteiger partial charge in [0.25, 0.3) is 0 Å². The molecule has 26 heavy (non-hydrogen) atoms. The van der Waals surface area contributed by atoms with Crippen LogP contribution in [0.4, 0.5) is 0 Å². The molecule has 1 aromatic rings. The Bertz CT molecular complexity index is 756. The van der Waals surface area contributed by atoms with E-state index in [1.54, 1.807) is 0 Å². The number of carbonyl (C=O) groups excluding carboxylic acids is 2. The van der Waals surface area contributed by atoms with Crippen LogP contribution in [0.2, 0.25) is 0 Å². The molecule has 9 heteroatoms. The van der Waals surface area contributed by atoms with Gasteiger partial charge in [-0.15, -0.1) is 0 Å². The lowest BCUT2D eigenvalue weighted by molar-refractivity contribution is -0.147. The highest BCUT2D eigenvalue weighted by Crippen LogP contribution is 2.28. The first-order valence-corrected chi connectivity index (χ1v) is 9.88. The quantitative estimate of drug-likeness (QED) is 0.482. The summed E-state index contributed by atoms with van der Waals surface area (Å²) in [5.41, 5.74) is 0.00308. The summed E-state index contributed by atoms with van der Waals surface area (Å²) in [6.45, 7) is 1.70. The molecule has 0 aromatic heterocycles. The molecule has 0 bridgehead atoms. The highest BCUT2D eigenvalue weighted by Gasteiger charge is 2.30. The van der Waals surface area contributed by atoms with Crippen molar-refractivity contribution in [2.75, 3.05) is 20.3 Å². The molecule has 2 rings (SSSR count). The minimum Gasteiger partial charge on any atom is -0.495 e. The van der Waals surface area contributed by atoms with Crippen molar-refractivity contribution in [3.63, 3.8) is 0 Å². The summed E-state index contributed by atoms with van der Waals surface area (Å²) in [6.07, 6.45) is 3.17. The van der Waals surface area contributed by atoms with Gasteiger partial charge < -0.3 is 14.2 Å². The Kier molecular flexibility index (Phi) is 6.98. The van der Waals surface area contributed by atoms with Gasteiger partial charge >= 0.3 is 11.9 Å². The average Bonchev–Trinajstić information content (AvgIpc) is 3.42. The van der Waals surface area contributed by atoms with Crippen LogP contribution in [-0.2, 0) is 24.3 Å². The lowest BCUT2D eigenvalue weighted by atomic mass is 10.2. The van der Waals surface area contributed by atoms with E-state index in [9.17, 15) is 18.0 Å². The molecule has 1 fully saturated rings. The second-order valence-corrected chi connectivity index (χ2v) is 7.59. The number of methoxy groups -OCH3 is 1. The third kappa shape index (κ3) is 5.70. The Labute approximate surface area is 152 Å². The van der Waals surface area contributed by atoms with Crippen molar-refractivity contribution in [3.8, 4) is 5.75 Å². The zero-order valence-corrected chi connectivity index (χ0v) is 15.6. The number of esters is 2. The van der Waals surface area contributed by atoms with Crippen molar-refractivity contribution in [1.29, 1.82) is 0 Å². The molecule has 0 unspecified atom stereocenters. The van der Waals surface area contributed by atoms with Gasteiger partial charge in [0, 0.05) is 6.04 Å². The van der Waals surface area contributed by atoms with Crippen LogP contribution in [0.15, 0.2) is 23.1 Å². The van der Waals surface area contributed by atoms with Crippen LogP contribution in [0.5, 0.6) is 5.75 Å². The minimum absolute atomic E-state index is 0.00308. The van der Waals surface area contributed by atoms with E-state index in [0.29, 0.717) is 0 Å². The molecule has 0 amide bonds. The van der Waals surface area contributed by atoms with Crippen molar-refractivity contribution in [2.24, 2.45) is 0 Å². The summed E-state index contributed by atoms with van der Waals surface area (Å²) < 4.78 is 42.3. The third-order valence-corrected chi connectivity index (χ3v) is 5.21. The number of carbonyl (C=O) groups is 2. The standard InChI is InChI=1S/C17H23NO7S/c1-3-4-9-24-16(19)11-25-17(20)12-5-8-14(23-2)15(10-12)26(21,22)18-13-6-7-13/h5,8,10,13,18H,3-4,6-7,9,11H2,1-2H3. The Morgan fingerprint density at radius 2 is 1.96 bits per heavy atom. The van der Waals surface area contributed by atoms with Crippen LogP contribution in [0.3, 0.4) is 0 Å². The fourth-order valence-corrected chi connectivity index (χ4v) is 3.58. The molecule has 0 saturated heterocycles. The molecule has 1 aliphatic rings. The SMILES string of the molecule is CCCCOC(=O)COC(=O)c1ccc(OC)c(S(=O)(=O)NC2CC2)c1. The maximum Gasteiger partial charge on any atom is 0.344 e. The highest BCUT2D eigenvalue weighted by molar-refractivity contribution is 7.89. The van der Waals surface area contributed by atoms with Crippen molar-refractivity contribution in [1.82, 2.24) is 4.72 Å². The number of rotatable bonds is 10. The van der Waals surface area contributed by atoms with E-state index in [1.165, 1.54) is 25.3 Å². The van der Waals surface area contributed by atoms with Crippen LogP contribution >= 0.6 is 0 Å². The second-order valence-electron chi connectivity index (χ2n) is 5.91. The maximum absolute atomic E-state index is 12.4. The van der Waals surface area contributed by atoms with Crippen molar-refractivity contribution < 1.29 is 32.2 Å². The van der Waals surface area contributed by atoms with Gasteiger partial charge in [0.2, 0.25) is 10.0 Å². The zero-order valence-electron chi connectivity index (χ0n) is 14.8. The molecule has 0 aliphatic heterocycles. The van der Waals surface area contributed by atoms with Gasteiger partial charge in [0.15, 0.2) is 6.61 Å². The third-order valence-electron chi connectivity index (χ3n) is 3.67. The number of nitrogens with one attached hydrogen (secondary N) is 1. The molecular weight excluding hydrogens is 362 g/mol. The first kappa shape index (κ1) is 20.2. The zero-order chi connectivity index (χ0) is 19.2. The van der Waals surface area contributed by atoms with Gasteiger partial charge in [-0.25, -0.2) is 22.7 Å². The molecule has 144 valence electrons. The minimum atomic E-state index is -3.82. The molecule has 0 radical (unpaired) electrons. The summed E-state index contributed by atoms with van der Waals surface area (Å²) in [7, 11) is -2.47. The fraction of sp³-hybridized carbons (Fsp3) is 0.529. The Hall–Kier alpha value is -2.13. The highest BCUT2D eigenvalue weighted by atomic mass is 32.2. The molecule has 0 heterocycles. The van der Waals surface area contributed by atoms with E-state index in [1.807, 2.05) is 6.92 Å². The Morgan fingerprint density at radius 3 is 2.58 bits per heavy atom. The number of unbranched alkanes of at least 4 members (excludes halogenated alkanes) is 1. The summed E-state index contributed by atoms with van der Waals surface area (Å²) in [5, 5.41) is 0. The molecule has 0 atom stereocenters. The lowest BCUT2D eigenvalue weighted by Crippen LogP contribution is -2.26. The van der Waals surface area contributed by atoms with Crippen molar-refractivity contribution >= 4 is 22.0 Å². The normalized spacial score (nSPS) is 13.9. The van der Waals surface area contributed by atoms with Gasteiger partial charge in [-0.2, -0.15) is 0 Å². The Morgan fingerprint density at radius 1 is 1.23 bits per heavy atom. The molecule has 1 saturated carbocycles. The summed E-state index contributed by atoms with van der Waals surface area (Å²) in [6, 6.07) is 3.84. The second kappa shape index (κ2) is 9.00. The fourth-order valence-electron chi connectivity index (χ4n) is 2.08. The molecule has 8 nitrogen and oxygen atoms in total. The summed E-state index contributed by atoms with van der Waals surface area (Å²) >= 11 is 0. The van der Waals surface area contributed by atoms with Crippen LogP contribution in [0, 0.1) is 0 Å². The van der Waals surface area contributed by atoms with E-state index < -0.39 is 28.6 Å². The van der Waals surface area contributed by atoms with Gasteiger partial charge in [0.1, 0.15) is 10.6 Å². The van der Waals surface area contributed by atoms with Gasteiger partial charge in [0.05, 0.1) is 19.3 Å². The number of sulfonamides is 1. The number of hydrogen-bond acceptors (Lipinski definition) is 7. The first-order chi connectivity index (χ1) is 12.4. The molecule has 1 aliphatic carbocycles. The predicted molar refractivity (Wildman–Crippen MR) is 92.5 cm³/mol. The monoisotopic (exact) mass is 385 g/mol. The largest absolute Gasteiger partial charge is 0.495 e. The summed E-state index contributed by atoms with van der Waals surface area (Å²) in [5.74, 6) is -1.35. The lowest BCUT2D eigenvalue weighted by Gasteiger charge is -2.12. The molecular formula is C17H23NO7S. The van der Waals surface area contributed by atoms with Crippen molar-refractivity contribution in [3.05, 3.63) is 23.8 Å². The van der Waals surface area contributed by atoms with Crippen LogP contribution in [-0.4, -0.2) is 46.7 Å².